The van der Waals surface area contributed by atoms with Crippen molar-refractivity contribution in [2.45, 2.75) is 38.3 Å². The van der Waals surface area contributed by atoms with Crippen LogP contribution in [0, 0.1) is 5.92 Å². The Kier molecular flexibility index (Phi) is 6.99. The summed E-state index contributed by atoms with van der Waals surface area (Å²) in [7, 11) is 0. The Morgan fingerprint density at radius 1 is 1.19 bits per heavy atom. The Hall–Kier alpha value is -2.12. The van der Waals surface area contributed by atoms with E-state index >= 15 is 0 Å². The maximum Gasteiger partial charge on any atom is 0.324 e. The minimum atomic E-state index is -0.378. The van der Waals surface area contributed by atoms with Crippen molar-refractivity contribution < 1.29 is 14.4 Å². The van der Waals surface area contributed by atoms with Gasteiger partial charge in [-0.2, -0.15) is 0 Å². The van der Waals surface area contributed by atoms with E-state index in [1.807, 2.05) is 0 Å². The van der Waals surface area contributed by atoms with E-state index in [-0.39, 0.29) is 49.4 Å². The van der Waals surface area contributed by atoms with E-state index in [1.165, 1.54) is 11.3 Å². The Balaban J connectivity index is 0.00000243. The highest BCUT2D eigenvalue weighted by atomic mass is 35.5. The van der Waals surface area contributed by atoms with E-state index in [4.69, 9.17) is 5.73 Å². The van der Waals surface area contributed by atoms with Gasteiger partial charge in [0.05, 0.1) is 13.1 Å². The maximum atomic E-state index is 12.5. The zero-order valence-corrected chi connectivity index (χ0v) is 15.4. The fraction of sp³-hybridized carbons (Fsp3) is 0.500. The zero-order chi connectivity index (χ0) is 17.8. The van der Waals surface area contributed by atoms with Gasteiger partial charge in [-0.05, 0) is 43.0 Å². The van der Waals surface area contributed by atoms with Gasteiger partial charge >= 0.3 is 6.03 Å². The van der Waals surface area contributed by atoms with E-state index in [0.717, 1.165) is 24.8 Å². The van der Waals surface area contributed by atoms with Crippen LogP contribution >= 0.6 is 12.4 Å². The molecule has 1 saturated heterocycles. The van der Waals surface area contributed by atoms with Gasteiger partial charge in [0.1, 0.15) is 0 Å². The normalized spacial score (nSPS) is 22.6. The Bertz CT molecular complexity index is 649. The summed E-state index contributed by atoms with van der Waals surface area (Å²) in [5.74, 6) is 0.000464. The molecule has 4 N–H and O–H groups in total. The molecule has 1 aromatic rings. The lowest BCUT2D eigenvalue weighted by Gasteiger charge is -2.31. The molecular formula is C18H25ClN4O3. The second-order valence-corrected chi connectivity index (χ2v) is 6.70. The number of halogens is 1. The number of hydrogen-bond acceptors (Lipinski definition) is 4. The van der Waals surface area contributed by atoms with Gasteiger partial charge in [-0.15, -0.1) is 12.4 Å². The van der Waals surface area contributed by atoms with Gasteiger partial charge in [0.25, 0.3) is 5.91 Å². The molecule has 8 heteroatoms. The summed E-state index contributed by atoms with van der Waals surface area (Å²) in [6, 6.07) is 6.76. The van der Waals surface area contributed by atoms with E-state index in [9.17, 15) is 14.4 Å². The first-order valence-electron chi connectivity index (χ1n) is 8.76. The minimum Gasteiger partial charge on any atom is -0.349 e. The van der Waals surface area contributed by atoms with Crippen LogP contribution in [0.3, 0.4) is 0 Å². The third-order valence-electron chi connectivity index (χ3n) is 5.02. The van der Waals surface area contributed by atoms with Gasteiger partial charge in [-0.1, -0.05) is 25.0 Å². The van der Waals surface area contributed by atoms with Crippen molar-refractivity contribution in [1.82, 2.24) is 15.5 Å². The van der Waals surface area contributed by atoms with Crippen molar-refractivity contribution in [3.8, 4) is 0 Å². The number of carbonyl (C=O) groups excluding carboxylic acids is 3. The SMILES string of the molecule is Cl.NCC1CCCCC1NC(=O)c1ccc(CN2C(=O)CNC2=O)cc1. The number of benzene rings is 1. The Labute approximate surface area is 159 Å². The summed E-state index contributed by atoms with van der Waals surface area (Å²) in [6.45, 7) is 0.850. The van der Waals surface area contributed by atoms with E-state index in [0.29, 0.717) is 18.0 Å². The van der Waals surface area contributed by atoms with Crippen molar-refractivity contribution in [3.05, 3.63) is 35.4 Å². The predicted molar refractivity (Wildman–Crippen MR) is 99.9 cm³/mol. The van der Waals surface area contributed by atoms with Crippen LogP contribution in [0.2, 0.25) is 0 Å². The molecule has 0 radical (unpaired) electrons. The predicted octanol–water partition coefficient (Wildman–Crippen LogP) is 1.41. The first kappa shape index (κ1) is 20.2. The topological polar surface area (TPSA) is 105 Å². The van der Waals surface area contributed by atoms with Crippen molar-refractivity contribution >= 4 is 30.3 Å². The summed E-state index contributed by atoms with van der Waals surface area (Å²) in [5, 5.41) is 5.58. The van der Waals surface area contributed by atoms with Crippen LogP contribution in [0.25, 0.3) is 0 Å². The van der Waals surface area contributed by atoms with Crippen molar-refractivity contribution in [1.29, 1.82) is 0 Å². The standard InChI is InChI=1S/C18H24N4O3.ClH/c19-9-14-3-1-2-4-15(14)21-17(24)13-7-5-12(6-8-13)11-22-16(23)10-20-18(22)25;/h5-8,14-15H,1-4,9-11,19H2,(H,20,25)(H,21,24);1H. The van der Waals surface area contributed by atoms with Crippen LogP contribution in [-0.2, 0) is 11.3 Å². The molecule has 26 heavy (non-hydrogen) atoms. The molecule has 2 unspecified atom stereocenters. The van der Waals surface area contributed by atoms with E-state index in [2.05, 4.69) is 10.6 Å². The van der Waals surface area contributed by atoms with Crippen molar-refractivity contribution in [2.75, 3.05) is 13.1 Å². The molecule has 0 aromatic heterocycles. The quantitative estimate of drug-likeness (QED) is 0.671. The summed E-state index contributed by atoms with van der Waals surface area (Å²) < 4.78 is 0. The third-order valence-corrected chi connectivity index (χ3v) is 5.02. The van der Waals surface area contributed by atoms with Crippen LogP contribution < -0.4 is 16.4 Å². The zero-order valence-electron chi connectivity index (χ0n) is 14.6. The van der Waals surface area contributed by atoms with Gasteiger partial charge in [-0.3, -0.25) is 14.5 Å². The first-order valence-corrected chi connectivity index (χ1v) is 8.76. The average molecular weight is 381 g/mol. The van der Waals surface area contributed by atoms with Crippen LogP contribution in [0.4, 0.5) is 4.79 Å². The van der Waals surface area contributed by atoms with Crippen LogP contribution in [-0.4, -0.2) is 41.9 Å². The molecule has 1 heterocycles. The van der Waals surface area contributed by atoms with Crippen LogP contribution in [0.1, 0.15) is 41.6 Å². The molecule has 1 aromatic carbocycles. The number of hydrogen-bond donors (Lipinski definition) is 3. The smallest absolute Gasteiger partial charge is 0.324 e. The first-order chi connectivity index (χ1) is 12.1. The van der Waals surface area contributed by atoms with Crippen molar-refractivity contribution in [2.24, 2.45) is 11.7 Å². The highest BCUT2D eigenvalue weighted by molar-refractivity contribution is 6.01. The fourth-order valence-electron chi connectivity index (χ4n) is 3.49. The summed E-state index contributed by atoms with van der Waals surface area (Å²) in [6.07, 6.45) is 4.32. The molecule has 1 aliphatic heterocycles. The molecule has 2 aliphatic rings. The van der Waals surface area contributed by atoms with Gasteiger partial charge in [-0.25, -0.2) is 4.79 Å². The van der Waals surface area contributed by atoms with E-state index in [1.54, 1.807) is 24.3 Å². The molecule has 0 bridgehead atoms. The Morgan fingerprint density at radius 2 is 1.88 bits per heavy atom. The maximum absolute atomic E-state index is 12.5. The number of imide groups is 1. The highest BCUT2D eigenvalue weighted by Gasteiger charge is 2.28. The van der Waals surface area contributed by atoms with Gasteiger partial charge in [0.15, 0.2) is 0 Å². The lowest BCUT2D eigenvalue weighted by atomic mass is 9.84. The number of carbonyl (C=O) groups is 3. The molecule has 0 spiro atoms. The van der Waals surface area contributed by atoms with Gasteiger partial charge in [0.2, 0.25) is 5.91 Å². The number of nitrogens with two attached hydrogens (primary N) is 1. The molecule has 3 rings (SSSR count). The second kappa shape index (κ2) is 9.00. The summed E-state index contributed by atoms with van der Waals surface area (Å²) >= 11 is 0. The number of urea groups is 1. The lowest BCUT2D eigenvalue weighted by molar-refractivity contribution is -0.125. The molecule has 2 fully saturated rings. The Morgan fingerprint density at radius 3 is 2.50 bits per heavy atom. The highest BCUT2D eigenvalue weighted by Crippen LogP contribution is 2.24. The molecular weight excluding hydrogens is 356 g/mol. The van der Waals surface area contributed by atoms with E-state index < -0.39 is 0 Å². The average Bonchev–Trinajstić information content (AvgIpc) is 2.94. The number of rotatable bonds is 5. The minimum absolute atomic E-state index is 0. The monoisotopic (exact) mass is 380 g/mol. The molecule has 1 aliphatic carbocycles. The van der Waals surface area contributed by atoms with Gasteiger partial charge < -0.3 is 16.4 Å². The molecule has 4 amide bonds. The van der Waals surface area contributed by atoms with Gasteiger partial charge in [0, 0.05) is 11.6 Å². The largest absolute Gasteiger partial charge is 0.349 e. The molecule has 2 atom stereocenters. The molecule has 7 nitrogen and oxygen atoms in total. The summed E-state index contributed by atoms with van der Waals surface area (Å²) in [5.41, 5.74) is 7.19. The van der Waals surface area contributed by atoms with Crippen molar-refractivity contribution in [3.63, 3.8) is 0 Å². The third kappa shape index (κ3) is 4.53. The van der Waals surface area contributed by atoms with Crippen LogP contribution in [0.15, 0.2) is 24.3 Å². The lowest BCUT2D eigenvalue weighted by Crippen LogP contribution is -2.44. The van der Waals surface area contributed by atoms with Crippen LogP contribution in [0.5, 0.6) is 0 Å². The molecule has 142 valence electrons. The summed E-state index contributed by atoms with van der Waals surface area (Å²) in [4.78, 5) is 36.8. The fourth-order valence-corrected chi connectivity index (χ4v) is 3.49. The number of amides is 4. The number of nitrogens with zero attached hydrogens (tertiary/aromatic N) is 1. The number of nitrogens with one attached hydrogen (secondary N) is 2. The molecule has 1 saturated carbocycles. The second-order valence-electron chi connectivity index (χ2n) is 6.70.